The van der Waals surface area contributed by atoms with E-state index in [9.17, 15) is 13.2 Å². The highest BCUT2D eigenvalue weighted by Crippen LogP contribution is 2.20. The normalized spacial score (nSPS) is 21.8. The molecule has 1 fully saturated rings. The van der Waals surface area contributed by atoms with Gasteiger partial charge in [-0.25, -0.2) is 8.42 Å². The molecule has 106 valence electrons. The number of likely N-dealkylation sites (N-methyl/N-ethyl adjacent to an activating group) is 1. The predicted molar refractivity (Wildman–Crippen MR) is 68.7 cm³/mol. The Bertz CT molecular complexity index is 367. The van der Waals surface area contributed by atoms with Crippen molar-refractivity contribution in [2.45, 2.75) is 32.2 Å². The lowest BCUT2D eigenvalue weighted by atomic mass is 10.1. The predicted octanol–water partition coefficient (Wildman–Crippen LogP) is -0.0468. The number of carbonyl (C=O) groups is 1. The largest absolute Gasteiger partial charge is 0.465 e. The van der Waals surface area contributed by atoms with Crippen LogP contribution in [0.1, 0.15) is 26.2 Å². The van der Waals surface area contributed by atoms with Crippen molar-refractivity contribution >= 4 is 16.0 Å². The van der Waals surface area contributed by atoms with Gasteiger partial charge in [0, 0.05) is 19.1 Å². The van der Waals surface area contributed by atoms with Gasteiger partial charge in [-0.05, 0) is 26.8 Å². The summed E-state index contributed by atoms with van der Waals surface area (Å²) in [4.78, 5) is 11.3. The number of piperidine rings is 1. The lowest BCUT2D eigenvalue weighted by Gasteiger charge is -2.34. The number of hydrogen-bond acceptors (Lipinski definition) is 5. The van der Waals surface area contributed by atoms with Gasteiger partial charge in [-0.2, -0.15) is 4.31 Å². The van der Waals surface area contributed by atoms with Crippen LogP contribution in [0.15, 0.2) is 0 Å². The van der Waals surface area contributed by atoms with Gasteiger partial charge in [0.05, 0.1) is 6.61 Å². The number of hydrogen-bond donors (Lipinski definition) is 1. The molecule has 0 aliphatic carbocycles. The first-order valence-electron chi connectivity index (χ1n) is 6.31. The maximum absolute atomic E-state index is 12.2. The molecule has 18 heavy (non-hydrogen) atoms. The second-order valence-electron chi connectivity index (χ2n) is 4.38. The van der Waals surface area contributed by atoms with E-state index in [1.165, 1.54) is 4.31 Å². The number of esters is 1. The van der Waals surface area contributed by atoms with Crippen LogP contribution in [0.2, 0.25) is 0 Å². The van der Waals surface area contributed by atoms with E-state index in [-0.39, 0.29) is 12.6 Å². The molecule has 0 spiro atoms. The summed E-state index contributed by atoms with van der Waals surface area (Å²) in [6, 6.07) is -0.0526. The van der Waals surface area contributed by atoms with Crippen LogP contribution in [0.4, 0.5) is 0 Å². The second-order valence-corrected chi connectivity index (χ2v) is 6.30. The second kappa shape index (κ2) is 7.06. The van der Waals surface area contributed by atoms with E-state index < -0.39 is 21.7 Å². The topological polar surface area (TPSA) is 75.7 Å². The fourth-order valence-corrected chi connectivity index (χ4v) is 3.80. The Labute approximate surface area is 109 Å². The van der Waals surface area contributed by atoms with Crippen LogP contribution in [0.5, 0.6) is 0 Å². The zero-order valence-electron chi connectivity index (χ0n) is 11.0. The maximum Gasteiger partial charge on any atom is 0.322 e. The number of rotatable bonds is 6. The van der Waals surface area contributed by atoms with Crippen LogP contribution < -0.4 is 5.32 Å². The molecule has 0 amide bonds. The zero-order valence-corrected chi connectivity index (χ0v) is 11.8. The summed E-state index contributed by atoms with van der Waals surface area (Å²) in [6.07, 6.45) is 2.71. The molecule has 1 aliphatic heterocycles. The Kier molecular flexibility index (Phi) is 6.04. The van der Waals surface area contributed by atoms with E-state index in [1.807, 2.05) is 0 Å². The molecule has 0 aromatic carbocycles. The third-order valence-electron chi connectivity index (χ3n) is 2.98. The van der Waals surface area contributed by atoms with Crippen LogP contribution >= 0.6 is 0 Å². The van der Waals surface area contributed by atoms with Gasteiger partial charge >= 0.3 is 5.97 Å². The monoisotopic (exact) mass is 278 g/mol. The maximum atomic E-state index is 12.2. The van der Waals surface area contributed by atoms with Gasteiger partial charge in [-0.15, -0.1) is 0 Å². The molecule has 1 saturated heterocycles. The third kappa shape index (κ3) is 4.22. The standard InChI is InChI=1S/C11H22N2O4S/c1-3-17-11(14)9-18(15,16)13-7-5-4-6-10(13)8-12-2/h10,12H,3-9H2,1-2H3. The minimum atomic E-state index is -3.56. The average Bonchev–Trinajstić information content (AvgIpc) is 2.29. The molecule has 1 heterocycles. The Morgan fingerprint density at radius 3 is 2.78 bits per heavy atom. The summed E-state index contributed by atoms with van der Waals surface area (Å²) >= 11 is 0. The first kappa shape index (κ1) is 15.4. The first-order chi connectivity index (χ1) is 8.51. The van der Waals surface area contributed by atoms with Crippen LogP contribution in [-0.2, 0) is 19.6 Å². The molecule has 0 saturated carbocycles. The van der Waals surface area contributed by atoms with E-state index in [2.05, 4.69) is 5.32 Å². The Hall–Kier alpha value is -0.660. The summed E-state index contributed by atoms with van der Waals surface area (Å²) in [5.74, 6) is -1.23. The van der Waals surface area contributed by atoms with Crippen LogP contribution in [-0.4, -0.2) is 57.2 Å². The van der Waals surface area contributed by atoms with Crippen molar-refractivity contribution in [3.63, 3.8) is 0 Å². The van der Waals surface area contributed by atoms with Crippen molar-refractivity contribution in [3.8, 4) is 0 Å². The molecular weight excluding hydrogens is 256 g/mol. The molecule has 1 atom stereocenters. The van der Waals surface area contributed by atoms with Crippen molar-refractivity contribution in [2.75, 3.05) is 32.5 Å². The molecule has 6 nitrogen and oxygen atoms in total. The number of nitrogens with zero attached hydrogens (tertiary/aromatic N) is 1. The quantitative estimate of drug-likeness (QED) is 0.690. The van der Waals surface area contributed by atoms with Crippen LogP contribution in [0, 0.1) is 0 Å². The zero-order chi connectivity index (χ0) is 13.6. The van der Waals surface area contributed by atoms with Crippen LogP contribution in [0.3, 0.4) is 0 Å². The number of nitrogens with one attached hydrogen (secondary N) is 1. The third-order valence-corrected chi connectivity index (χ3v) is 4.77. The highest BCUT2D eigenvalue weighted by atomic mass is 32.2. The number of sulfonamides is 1. The van der Waals surface area contributed by atoms with E-state index in [0.29, 0.717) is 13.1 Å². The van der Waals surface area contributed by atoms with Crippen LogP contribution in [0.25, 0.3) is 0 Å². The molecule has 0 aromatic heterocycles. The van der Waals surface area contributed by atoms with Gasteiger partial charge in [0.15, 0.2) is 5.75 Å². The molecule has 0 bridgehead atoms. The smallest absolute Gasteiger partial charge is 0.322 e. The molecule has 1 N–H and O–H groups in total. The molecule has 1 rings (SSSR count). The lowest BCUT2D eigenvalue weighted by molar-refractivity contribution is -0.140. The molecule has 0 aromatic rings. The summed E-state index contributed by atoms with van der Waals surface area (Å²) < 4.78 is 30.5. The van der Waals surface area contributed by atoms with Crippen molar-refractivity contribution in [1.29, 1.82) is 0 Å². The summed E-state index contributed by atoms with van der Waals surface area (Å²) in [7, 11) is -1.76. The molecule has 7 heteroatoms. The van der Waals surface area contributed by atoms with Gasteiger partial charge in [-0.1, -0.05) is 6.42 Å². The van der Waals surface area contributed by atoms with E-state index >= 15 is 0 Å². The molecule has 1 unspecified atom stereocenters. The Morgan fingerprint density at radius 1 is 1.44 bits per heavy atom. The highest BCUT2D eigenvalue weighted by molar-refractivity contribution is 7.89. The summed E-state index contributed by atoms with van der Waals surface area (Å²) in [5, 5.41) is 3.00. The minimum absolute atomic E-state index is 0.0526. The molecule has 1 aliphatic rings. The van der Waals surface area contributed by atoms with E-state index in [0.717, 1.165) is 19.3 Å². The van der Waals surface area contributed by atoms with Gasteiger partial charge in [0.25, 0.3) is 0 Å². The van der Waals surface area contributed by atoms with Gasteiger partial charge in [0.1, 0.15) is 0 Å². The number of ether oxygens (including phenoxy) is 1. The Morgan fingerprint density at radius 2 is 2.17 bits per heavy atom. The van der Waals surface area contributed by atoms with E-state index in [1.54, 1.807) is 14.0 Å². The van der Waals surface area contributed by atoms with Crippen molar-refractivity contribution in [3.05, 3.63) is 0 Å². The number of carbonyl (C=O) groups excluding carboxylic acids is 1. The lowest BCUT2D eigenvalue weighted by Crippen LogP contribution is -2.49. The SMILES string of the molecule is CCOC(=O)CS(=O)(=O)N1CCCCC1CNC. The van der Waals surface area contributed by atoms with Crippen molar-refractivity contribution in [1.82, 2.24) is 9.62 Å². The summed E-state index contributed by atoms with van der Waals surface area (Å²) in [5.41, 5.74) is 0. The highest BCUT2D eigenvalue weighted by Gasteiger charge is 2.33. The fraction of sp³-hybridized carbons (Fsp3) is 0.909. The van der Waals surface area contributed by atoms with Crippen molar-refractivity contribution in [2.24, 2.45) is 0 Å². The van der Waals surface area contributed by atoms with E-state index in [4.69, 9.17) is 4.74 Å². The molecule has 0 radical (unpaired) electrons. The first-order valence-corrected chi connectivity index (χ1v) is 7.92. The van der Waals surface area contributed by atoms with Gasteiger partial charge in [0.2, 0.25) is 10.0 Å². The Balaban J connectivity index is 2.71. The van der Waals surface area contributed by atoms with Gasteiger partial charge < -0.3 is 10.1 Å². The van der Waals surface area contributed by atoms with Gasteiger partial charge in [-0.3, -0.25) is 4.79 Å². The average molecular weight is 278 g/mol. The minimum Gasteiger partial charge on any atom is -0.465 e. The molecular formula is C11H22N2O4S. The summed E-state index contributed by atoms with van der Waals surface area (Å²) in [6.45, 7) is 2.97. The van der Waals surface area contributed by atoms with Crippen molar-refractivity contribution < 1.29 is 17.9 Å². The fourth-order valence-electron chi connectivity index (χ4n) is 2.21.